The van der Waals surface area contributed by atoms with Crippen LogP contribution < -0.4 is 5.32 Å². The minimum absolute atomic E-state index is 0.0806. The lowest BCUT2D eigenvalue weighted by molar-refractivity contribution is 0.169. The molecule has 1 heterocycles. The molecule has 0 saturated carbocycles. The Balaban J connectivity index is 2.29. The van der Waals surface area contributed by atoms with Crippen LogP contribution in [-0.2, 0) is 0 Å². The Morgan fingerprint density at radius 2 is 2.16 bits per heavy atom. The summed E-state index contributed by atoms with van der Waals surface area (Å²) in [6, 6.07) is 5.25. The van der Waals surface area contributed by atoms with E-state index in [4.69, 9.17) is 0 Å². The smallest absolute Gasteiger partial charge is 0.128 e. The molecule has 0 aromatic heterocycles. The van der Waals surface area contributed by atoms with Gasteiger partial charge in [0, 0.05) is 42.3 Å². The summed E-state index contributed by atoms with van der Waals surface area (Å²) in [4.78, 5) is 2.34. The van der Waals surface area contributed by atoms with E-state index in [9.17, 15) is 4.39 Å². The fraction of sp³-hybridized carbons (Fsp3) is 0.467. The molecule has 2 rings (SSSR count). The number of rotatable bonds is 4. The van der Waals surface area contributed by atoms with E-state index in [1.807, 2.05) is 13.0 Å². The Kier molecular flexibility index (Phi) is 5.13. The van der Waals surface area contributed by atoms with Crippen LogP contribution in [0.2, 0.25) is 0 Å². The summed E-state index contributed by atoms with van der Waals surface area (Å²) in [7, 11) is 0. The van der Waals surface area contributed by atoms with Crippen molar-refractivity contribution in [1.82, 2.24) is 10.2 Å². The molecule has 1 aromatic rings. The van der Waals surface area contributed by atoms with Crippen molar-refractivity contribution in [3.8, 4) is 0 Å². The average Bonchev–Trinajstić information content (AvgIpc) is 2.40. The first kappa shape index (κ1) is 14.7. The highest BCUT2D eigenvalue weighted by Gasteiger charge is 2.24. The molecule has 1 aliphatic heterocycles. The average molecular weight is 327 g/mol. The Morgan fingerprint density at radius 3 is 2.79 bits per heavy atom. The molecule has 1 fully saturated rings. The van der Waals surface area contributed by atoms with Gasteiger partial charge in [0.2, 0.25) is 0 Å². The molecular formula is C15H20BrFN2. The second-order valence-electron chi connectivity index (χ2n) is 5.13. The topological polar surface area (TPSA) is 15.3 Å². The van der Waals surface area contributed by atoms with Crippen LogP contribution in [0.1, 0.15) is 24.9 Å². The summed E-state index contributed by atoms with van der Waals surface area (Å²) in [5.41, 5.74) is 1.85. The van der Waals surface area contributed by atoms with E-state index in [0.29, 0.717) is 0 Å². The molecule has 2 nitrogen and oxygen atoms in total. The molecule has 0 unspecified atom stereocenters. The van der Waals surface area contributed by atoms with Crippen molar-refractivity contribution >= 4 is 15.9 Å². The molecule has 0 radical (unpaired) electrons. The fourth-order valence-electron chi connectivity index (χ4n) is 2.53. The first-order valence-corrected chi connectivity index (χ1v) is 7.41. The van der Waals surface area contributed by atoms with Crippen molar-refractivity contribution in [3.63, 3.8) is 0 Å². The highest BCUT2D eigenvalue weighted by molar-refractivity contribution is 9.10. The van der Waals surface area contributed by atoms with Gasteiger partial charge in [-0.2, -0.15) is 0 Å². The third kappa shape index (κ3) is 3.88. The van der Waals surface area contributed by atoms with E-state index in [0.717, 1.165) is 48.2 Å². The van der Waals surface area contributed by atoms with Crippen LogP contribution in [0.15, 0.2) is 34.8 Å². The molecule has 4 heteroatoms. The lowest BCUT2D eigenvalue weighted by Gasteiger charge is -2.35. The van der Waals surface area contributed by atoms with E-state index < -0.39 is 0 Å². The first-order valence-electron chi connectivity index (χ1n) is 6.62. The molecule has 1 N–H and O–H groups in total. The second-order valence-corrected chi connectivity index (χ2v) is 6.04. The zero-order valence-electron chi connectivity index (χ0n) is 11.3. The summed E-state index contributed by atoms with van der Waals surface area (Å²) in [6.07, 6.45) is 0.799. The van der Waals surface area contributed by atoms with E-state index in [1.165, 1.54) is 6.07 Å². The van der Waals surface area contributed by atoms with Crippen LogP contribution in [0, 0.1) is 5.82 Å². The highest BCUT2D eigenvalue weighted by atomic mass is 79.9. The lowest BCUT2D eigenvalue weighted by Crippen LogP contribution is -2.45. The Labute approximate surface area is 122 Å². The zero-order valence-corrected chi connectivity index (χ0v) is 12.8. The summed E-state index contributed by atoms with van der Waals surface area (Å²) in [5, 5.41) is 3.33. The van der Waals surface area contributed by atoms with Gasteiger partial charge in [0.1, 0.15) is 5.82 Å². The van der Waals surface area contributed by atoms with Crippen LogP contribution >= 0.6 is 15.9 Å². The second kappa shape index (κ2) is 6.64. The molecule has 0 spiro atoms. The standard InChI is InChI=1S/C15H20BrFN2/c1-11(2)9-15(19-7-5-18-6-8-19)13-10-12(16)3-4-14(13)17/h3-4,10,15,18H,1,5-9H2,2H3/t15-/m0/s1. The van der Waals surface area contributed by atoms with E-state index >= 15 is 0 Å². The van der Waals surface area contributed by atoms with Gasteiger partial charge in [0.15, 0.2) is 0 Å². The molecule has 1 atom stereocenters. The van der Waals surface area contributed by atoms with Gasteiger partial charge in [-0.3, -0.25) is 4.90 Å². The number of benzene rings is 1. The van der Waals surface area contributed by atoms with Gasteiger partial charge in [-0.25, -0.2) is 4.39 Å². The van der Waals surface area contributed by atoms with Crippen molar-refractivity contribution in [2.75, 3.05) is 26.2 Å². The van der Waals surface area contributed by atoms with Crippen LogP contribution in [0.25, 0.3) is 0 Å². The highest BCUT2D eigenvalue weighted by Crippen LogP contribution is 2.31. The maximum absolute atomic E-state index is 14.1. The third-order valence-electron chi connectivity index (χ3n) is 3.45. The predicted molar refractivity (Wildman–Crippen MR) is 80.7 cm³/mol. The van der Waals surface area contributed by atoms with Gasteiger partial charge in [-0.05, 0) is 31.5 Å². The summed E-state index contributed by atoms with van der Waals surface area (Å²) >= 11 is 3.43. The molecule has 1 saturated heterocycles. The maximum Gasteiger partial charge on any atom is 0.128 e. The van der Waals surface area contributed by atoms with Crippen molar-refractivity contribution in [1.29, 1.82) is 0 Å². The van der Waals surface area contributed by atoms with Crippen molar-refractivity contribution in [2.24, 2.45) is 0 Å². The van der Waals surface area contributed by atoms with Crippen molar-refractivity contribution in [3.05, 3.63) is 46.2 Å². The van der Waals surface area contributed by atoms with Crippen LogP contribution in [-0.4, -0.2) is 31.1 Å². The lowest BCUT2D eigenvalue weighted by atomic mass is 9.97. The molecule has 19 heavy (non-hydrogen) atoms. The third-order valence-corrected chi connectivity index (χ3v) is 3.94. The molecule has 1 aromatic carbocycles. The molecule has 0 bridgehead atoms. The van der Waals surface area contributed by atoms with E-state index in [1.54, 1.807) is 6.07 Å². The number of hydrogen-bond acceptors (Lipinski definition) is 2. The molecule has 0 aliphatic carbocycles. The molecular weight excluding hydrogens is 307 g/mol. The number of hydrogen-bond donors (Lipinski definition) is 1. The summed E-state index contributed by atoms with van der Waals surface area (Å²) in [6.45, 7) is 9.81. The first-order chi connectivity index (χ1) is 9.08. The van der Waals surface area contributed by atoms with Gasteiger partial charge in [-0.15, -0.1) is 6.58 Å². The number of nitrogens with zero attached hydrogens (tertiary/aromatic N) is 1. The molecule has 0 amide bonds. The molecule has 1 aliphatic rings. The number of halogens is 2. The summed E-state index contributed by atoms with van der Waals surface area (Å²) < 4.78 is 15.1. The quantitative estimate of drug-likeness (QED) is 0.852. The Morgan fingerprint density at radius 1 is 1.47 bits per heavy atom. The Bertz CT molecular complexity index is 455. The van der Waals surface area contributed by atoms with Gasteiger partial charge >= 0.3 is 0 Å². The SMILES string of the molecule is C=C(C)C[C@@H](c1cc(Br)ccc1F)N1CCNCC1. The Hall–Kier alpha value is -0.710. The van der Waals surface area contributed by atoms with Gasteiger partial charge < -0.3 is 5.32 Å². The number of piperazine rings is 1. The zero-order chi connectivity index (χ0) is 13.8. The van der Waals surface area contributed by atoms with Gasteiger partial charge in [0.05, 0.1) is 0 Å². The van der Waals surface area contributed by atoms with Crippen molar-refractivity contribution < 1.29 is 4.39 Å². The van der Waals surface area contributed by atoms with Crippen LogP contribution in [0.5, 0.6) is 0 Å². The fourth-order valence-corrected chi connectivity index (χ4v) is 2.91. The predicted octanol–water partition coefficient (Wildman–Crippen LogP) is 3.50. The van der Waals surface area contributed by atoms with Crippen LogP contribution in [0.3, 0.4) is 0 Å². The molecule has 104 valence electrons. The van der Waals surface area contributed by atoms with Gasteiger partial charge in [-0.1, -0.05) is 21.5 Å². The maximum atomic E-state index is 14.1. The van der Waals surface area contributed by atoms with Crippen molar-refractivity contribution in [2.45, 2.75) is 19.4 Å². The van der Waals surface area contributed by atoms with Gasteiger partial charge in [0.25, 0.3) is 0 Å². The minimum atomic E-state index is -0.131. The largest absolute Gasteiger partial charge is 0.314 e. The van der Waals surface area contributed by atoms with E-state index in [2.05, 4.69) is 32.7 Å². The summed E-state index contributed by atoms with van der Waals surface area (Å²) in [5.74, 6) is -0.131. The number of nitrogens with one attached hydrogen (secondary N) is 1. The minimum Gasteiger partial charge on any atom is -0.314 e. The monoisotopic (exact) mass is 326 g/mol. The van der Waals surface area contributed by atoms with E-state index in [-0.39, 0.29) is 11.9 Å². The normalized spacial score (nSPS) is 18.3. The van der Waals surface area contributed by atoms with Crippen LogP contribution in [0.4, 0.5) is 4.39 Å².